The van der Waals surface area contributed by atoms with Crippen molar-refractivity contribution >= 4 is 12.0 Å². The molecule has 0 bridgehead atoms. The molecule has 1 aromatic heterocycles. The predicted octanol–water partition coefficient (Wildman–Crippen LogP) is 1.44. The Kier molecular flexibility index (Phi) is 1.76. The minimum atomic E-state index is 0.345. The van der Waals surface area contributed by atoms with Crippen molar-refractivity contribution in [2.75, 3.05) is 0 Å². The molecule has 0 atom stereocenters. The zero-order valence-electron chi connectivity index (χ0n) is 5.11. The molecule has 0 saturated heterocycles. The van der Waals surface area contributed by atoms with E-state index >= 15 is 0 Å². The maximum atomic E-state index is 10.2. The van der Waals surface area contributed by atoms with Crippen molar-refractivity contribution < 1.29 is 4.79 Å². The topological polar surface area (TPSA) is 34.3 Å². The summed E-state index contributed by atoms with van der Waals surface area (Å²) in [7, 11) is 0. The maximum absolute atomic E-state index is 10.2. The van der Waals surface area contributed by atoms with Gasteiger partial charge >= 0.3 is 0 Å². The van der Waals surface area contributed by atoms with E-state index in [4.69, 9.17) is 6.57 Å². The minimum Gasteiger partial charge on any atom is -0.299 e. The molecule has 0 amide bonds. The lowest BCUT2D eigenvalue weighted by Crippen LogP contribution is -1.79. The van der Waals surface area contributed by atoms with Crippen molar-refractivity contribution in [3.05, 3.63) is 35.4 Å². The average Bonchev–Trinajstić information content (AvgIpc) is 2.04. The molecule has 1 rings (SSSR count). The summed E-state index contributed by atoms with van der Waals surface area (Å²) in [4.78, 5) is 17.0. The van der Waals surface area contributed by atoms with E-state index in [-0.39, 0.29) is 0 Å². The fraction of sp³-hybridized carbons (Fsp3) is 0. The van der Waals surface area contributed by atoms with Gasteiger partial charge in [0.05, 0.1) is 6.57 Å². The molecule has 48 valence electrons. The van der Waals surface area contributed by atoms with Crippen molar-refractivity contribution in [3.8, 4) is 0 Å². The summed E-state index contributed by atoms with van der Waals surface area (Å²) in [5.41, 5.74) is 0.697. The molecule has 0 radical (unpaired) electrons. The Morgan fingerprint density at radius 3 is 3.00 bits per heavy atom. The Bertz CT molecular complexity index is 288. The molecule has 1 heterocycles. The minimum absolute atomic E-state index is 0.345. The van der Waals surface area contributed by atoms with E-state index < -0.39 is 0 Å². The number of hydrogen-bond acceptors (Lipinski definition) is 2. The number of aldehydes is 1. The van der Waals surface area contributed by atoms with E-state index in [0.717, 1.165) is 0 Å². The Morgan fingerprint density at radius 1 is 1.70 bits per heavy atom. The van der Waals surface area contributed by atoms with E-state index in [1.54, 1.807) is 0 Å². The van der Waals surface area contributed by atoms with Crippen LogP contribution in [0.3, 0.4) is 0 Å². The molecule has 0 aliphatic heterocycles. The molecule has 0 aliphatic rings. The van der Waals surface area contributed by atoms with Gasteiger partial charge in [0.1, 0.15) is 6.29 Å². The van der Waals surface area contributed by atoms with Gasteiger partial charge in [0.25, 0.3) is 0 Å². The van der Waals surface area contributed by atoms with Crippen molar-refractivity contribution in [1.29, 1.82) is 0 Å². The lowest BCUT2D eigenvalue weighted by molar-refractivity contribution is 0.112. The Morgan fingerprint density at radius 2 is 2.50 bits per heavy atom. The highest BCUT2D eigenvalue weighted by Crippen LogP contribution is 2.13. The number of pyridine rings is 1. The van der Waals surface area contributed by atoms with E-state index in [1.807, 2.05) is 0 Å². The Balaban J connectivity index is 3.24. The number of carbonyl (C=O) groups is 1. The lowest BCUT2D eigenvalue weighted by Gasteiger charge is -1.89. The molecule has 10 heavy (non-hydrogen) atoms. The van der Waals surface area contributed by atoms with Gasteiger partial charge in [0.15, 0.2) is 0 Å². The molecule has 3 nitrogen and oxygen atoms in total. The van der Waals surface area contributed by atoms with Crippen LogP contribution in [0.2, 0.25) is 0 Å². The summed E-state index contributed by atoms with van der Waals surface area (Å²) in [5, 5.41) is 0. The molecular weight excluding hydrogens is 128 g/mol. The van der Waals surface area contributed by atoms with Gasteiger partial charge in [-0.1, -0.05) is 0 Å². The summed E-state index contributed by atoms with van der Waals surface area (Å²) in [6.07, 6.45) is 3.49. The monoisotopic (exact) mass is 132 g/mol. The van der Waals surface area contributed by atoms with E-state index in [0.29, 0.717) is 17.5 Å². The van der Waals surface area contributed by atoms with Crippen molar-refractivity contribution in [2.45, 2.75) is 0 Å². The number of rotatable bonds is 1. The van der Waals surface area contributed by atoms with Crippen LogP contribution in [0.1, 0.15) is 10.4 Å². The van der Waals surface area contributed by atoms with E-state index in [9.17, 15) is 4.79 Å². The summed E-state index contributed by atoms with van der Waals surface area (Å²) in [5.74, 6) is 0. The molecular formula is C7H4N2O. The Hall–Kier alpha value is -1.69. The second-order valence-corrected chi connectivity index (χ2v) is 1.66. The van der Waals surface area contributed by atoms with Crippen LogP contribution in [0, 0.1) is 6.57 Å². The van der Waals surface area contributed by atoms with E-state index in [2.05, 4.69) is 9.83 Å². The normalized spacial score (nSPS) is 8.30. The largest absolute Gasteiger partial charge is 0.299 e. The summed E-state index contributed by atoms with van der Waals surface area (Å²) in [6.45, 7) is 6.63. The third-order valence-corrected chi connectivity index (χ3v) is 1.08. The first kappa shape index (κ1) is 6.43. The van der Waals surface area contributed by atoms with Gasteiger partial charge in [-0.05, 0) is 6.07 Å². The predicted molar refractivity (Wildman–Crippen MR) is 35.9 cm³/mol. The smallest absolute Gasteiger partial charge is 0.200 e. The van der Waals surface area contributed by atoms with Crippen LogP contribution >= 0.6 is 0 Å². The van der Waals surface area contributed by atoms with Crippen LogP contribution < -0.4 is 0 Å². The molecule has 0 N–H and O–H groups in total. The van der Waals surface area contributed by atoms with Gasteiger partial charge < -0.3 is 0 Å². The van der Waals surface area contributed by atoms with Crippen LogP contribution in [-0.4, -0.2) is 11.3 Å². The van der Waals surface area contributed by atoms with Crippen molar-refractivity contribution in [1.82, 2.24) is 4.98 Å². The Labute approximate surface area is 58.1 Å². The standard InChI is InChI=1S/C7H4N2O/c1-8-7-2-3-9-4-6(7)5-10/h2-5H. The van der Waals surface area contributed by atoms with Crippen molar-refractivity contribution in [3.63, 3.8) is 0 Å². The second-order valence-electron chi connectivity index (χ2n) is 1.66. The summed E-state index contributed by atoms with van der Waals surface area (Å²) >= 11 is 0. The highest BCUT2D eigenvalue weighted by molar-refractivity contribution is 5.83. The quantitative estimate of drug-likeness (QED) is 0.428. The summed E-state index contributed by atoms with van der Waals surface area (Å²) in [6, 6.07) is 1.51. The summed E-state index contributed by atoms with van der Waals surface area (Å²) < 4.78 is 0. The van der Waals surface area contributed by atoms with Gasteiger partial charge in [-0.15, -0.1) is 0 Å². The average molecular weight is 132 g/mol. The molecule has 0 spiro atoms. The first-order valence-corrected chi connectivity index (χ1v) is 2.65. The van der Waals surface area contributed by atoms with Gasteiger partial charge in [0, 0.05) is 18.0 Å². The SMILES string of the molecule is [C-]#[N+]c1ccncc1C=O. The number of aromatic nitrogens is 1. The van der Waals surface area contributed by atoms with E-state index in [1.165, 1.54) is 18.5 Å². The molecule has 3 heteroatoms. The number of nitrogens with zero attached hydrogens (tertiary/aromatic N) is 2. The molecule has 0 unspecified atom stereocenters. The van der Waals surface area contributed by atoms with Gasteiger partial charge in [-0.25, -0.2) is 4.85 Å². The maximum Gasteiger partial charge on any atom is 0.200 e. The molecule has 0 aliphatic carbocycles. The lowest BCUT2D eigenvalue weighted by atomic mass is 10.3. The van der Waals surface area contributed by atoms with Crippen LogP contribution in [-0.2, 0) is 0 Å². The highest BCUT2D eigenvalue weighted by atomic mass is 16.1. The van der Waals surface area contributed by atoms with Gasteiger partial charge in [-0.2, -0.15) is 0 Å². The molecule has 0 aromatic carbocycles. The van der Waals surface area contributed by atoms with Gasteiger partial charge in [0.2, 0.25) is 5.69 Å². The van der Waals surface area contributed by atoms with Crippen molar-refractivity contribution in [2.24, 2.45) is 0 Å². The number of carbonyl (C=O) groups excluding carboxylic acids is 1. The first-order chi connectivity index (χ1) is 4.88. The molecule has 1 aromatic rings. The van der Waals surface area contributed by atoms with Crippen LogP contribution in [0.4, 0.5) is 5.69 Å². The highest BCUT2D eigenvalue weighted by Gasteiger charge is 1.96. The zero-order chi connectivity index (χ0) is 7.40. The fourth-order valence-electron chi connectivity index (χ4n) is 0.592. The van der Waals surface area contributed by atoms with Crippen LogP contribution in [0.15, 0.2) is 18.5 Å². The third-order valence-electron chi connectivity index (χ3n) is 1.08. The zero-order valence-corrected chi connectivity index (χ0v) is 5.11. The van der Waals surface area contributed by atoms with Crippen LogP contribution in [0.5, 0.6) is 0 Å². The first-order valence-electron chi connectivity index (χ1n) is 2.65. The number of hydrogen-bond donors (Lipinski definition) is 0. The third kappa shape index (κ3) is 1.00. The van der Waals surface area contributed by atoms with Gasteiger partial charge in [-0.3, -0.25) is 9.78 Å². The fourth-order valence-corrected chi connectivity index (χ4v) is 0.592. The molecule has 0 fully saturated rings. The second kappa shape index (κ2) is 2.74. The van der Waals surface area contributed by atoms with Crippen LogP contribution in [0.25, 0.3) is 4.85 Å². The molecule has 0 saturated carbocycles.